The number of ether oxygens (including phenoxy) is 1. The maximum absolute atomic E-state index is 11.9. The van der Waals surface area contributed by atoms with Crippen LogP contribution in [-0.4, -0.2) is 30.2 Å². The Morgan fingerprint density at radius 3 is 2.77 bits per heavy atom. The molecule has 1 fully saturated rings. The van der Waals surface area contributed by atoms with E-state index in [1.165, 1.54) is 0 Å². The maximum atomic E-state index is 11.9. The maximum Gasteiger partial charge on any atom is 0.227 e. The summed E-state index contributed by atoms with van der Waals surface area (Å²) >= 11 is 5.39. The molecule has 0 spiro atoms. The summed E-state index contributed by atoms with van der Waals surface area (Å²) in [4.78, 5) is 13.7. The van der Waals surface area contributed by atoms with Crippen molar-refractivity contribution >= 4 is 34.6 Å². The van der Waals surface area contributed by atoms with Crippen molar-refractivity contribution in [3.05, 3.63) is 54.6 Å². The van der Waals surface area contributed by atoms with Crippen LogP contribution in [0.4, 0.5) is 11.4 Å². The average Bonchev–Trinajstić information content (AvgIpc) is 3.07. The molecule has 1 saturated heterocycles. The van der Waals surface area contributed by atoms with E-state index < -0.39 is 0 Å². The molecule has 1 unspecified atom stereocenters. The Hall–Kier alpha value is -2.60. The minimum Gasteiger partial charge on any atom is -0.491 e. The summed E-state index contributed by atoms with van der Waals surface area (Å²) in [5.74, 6) is 1.01. The monoisotopic (exact) mass is 369 g/mol. The van der Waals surface area contributed by atoms with Crippen molar-refractivity contribution in [3.63, 3.8) is 0 Å². The van der Waals surface area contributed by atoms with Gasteiger partial charge in [-0.05, 0) is 55.9 Å². The van der Waals surface area contributed by atoms with Crippen LogP contribution in [0.5, 0.6) is 5.75 Å². The summed E-state index contributed by atoms with van der Waals surface area (Å²) in [6.45, 7) is 3.29. The Labute approximate surface area is 159 Å². The number of nitrogens with zero attached hydrogens (tertiary/aromatic N) is 1. The number of benzene rings is 2. The number of anilines is 2. The predicted octanol–water partition coefficient (Wildman–Crippen LogP) is 3.57. The van der Waals surface area contributed by atoms with Crippen molar-refractivity contribution in [2.24, 2.45) is 0 Å². The SMILES string of the molecule is CC(COc1ccccc1)NC(=S)Nc1cccc(N2CCCC2=O)c1. The standard InChI is InChI=1S/C20H23N3O2S/c1-15(14-25-18-9-3-2-4-10-18)21-20(26)22-16-7-5-8-17(13-16)23-12-6-11-19(23)24/h2-5,7-10,13,15H,6,11-12,14H2,1H3,(H2,21,22,26). The van der Waals surface area contributed by atoms with Crippen molar-refractivity contribution in [2.75, 3.05) is 23.4 Å². The van der Waals surface area contributed by atoms with Crippen LogP contribution in [0.25, 0.3) is 0 Å². The van der Waals surface area contributed by atoms with Gasteiger partial charge in [-0.3, -0.25) is 4.79 Å². The van der Waals surface area contributed by atoms with Crippen LogP contribution in [0.1, 0.15) is 19.8 Å². The number of carbonyl (C=O) groups is 1. The van der Waals surface area contributed by atoms with E-state index in [0.717, 1.165) is 30.1 Å². The van der Waals surface area contributed by atoms with Crippen molar-refractivity contribution in [2.45, 2.75) is 25.8 Å². The molecular formula is C20H23N3O2S. The molecule has 6 heteroatoms. The molecule has 1 heterocycles. The molecular weight excluding hydrogens is 346 g/mol. The van der Waals surface area contributed by atoms with Gasteiger partial charge in [0.1, 0.15) is 12.4 Å². The van der Waals surface area contributed by atoms with E-state index in [1.807, 2.05) is 66.4 Å². The van der Waals surface area contributed by atoms with E-state index in [9.17, 15) is 4.79 Å². The second-order valence-corrected chi connectivity index (χ2v) is 6.73. The predicted molar refractivity (Wildman–Crippen MR) is 109 cm³/mol. The van der Waals surface area contributed by atoms with Crippen LogP contribution in [0.15, 0.2) is 54.6 Å². The lowest BCUT2D eigenvalue weighted by Gasteiger charge is -2.19. The Morgan fingerprint density at radius 2 is 2.04 bits per heavy atom. The molecule has 3 rings (SSSR count). The highest BCUT2D eigenvalue weighted by molar-refractivity contribution is 7.80. The molecule has 0 aromatic heterocycles. The number of hydrogen-bond acceptors (Lipinski definition) is 3. The second-order valence-electron chi connectivity index (χ2n) is 6.32. The summed E-state index contributed by atoms with van der Waals surface area (Å²) in [5.41, 5.74) is 1.76. The summed E-state index contributed by atoms with van der Waals surface area (Å²) in [7, 11) is 0. The lowest BCUT2D eigenvalue weighted by molar-refractivity contribution is -0.117. The van der Waals surface area contributed by atoms with E-state index in [0.29, 0.717) is 18.1 Å². The molecule has 26 heavy (non-hydrogen) atoms. The van der Waals surface area contributed by atoms with Crippen LogP contribution in [-0.2, 0) is 4.79 Å². The van der Waals surface area contributed by atoms with E-state index in [1.54, 1.807) is 0 Å². The molecule has 0 radical (unpaired) electrons. The summed E-state index contributed by atoms with van der Waals surface area (Å²) in [6.07, 6.45) is 1.53. The van der Waals surface area contributed by atoms with Crippen molar-refractivity contribution < 1.29 is 9.53 Å². The third-order valence-electron chi connectivity index (χ3n) is 4.11. The van der Waals surface area contributed by atoms with Gasteiger partial charge in [-0.25, -0.2) is 0 Å². The minimum absolute atomic E-state index is 0.0542. The summed E-state index contributed by atoms with van der Waals surface area (Å²) < 4.78 is 5.72. The Balaban J connectivity index is 1.50. The van der Waals surface area contributed by atoms with Crippen LogP contribution in [0, 0.1) is 0 Å². The van der Waals surface area contributed by atoms with Gasteiger partial charge in [-0.1, -0.05) is 24.3 Å². The molecule has 1 atom stereocenters. The minimum atomic E-state index is 0.0542. The fourth-order valence-corrected chi connectivity index (χ4v) is 3.16. The van der Waals surface area contributed by atoms with Gasteiger partial charge in [0.05, 0.1) is 6.04 Å². The first-order valence-electron chi connectivity index (χ1n) is 8.77. The van der Waals surface area contributed by atoms with Gasteiger partial charge in [0.15, 0.2) is 5.11 Å². The molecule has 1 aliphatic heterocycles. The van der Waals surface area contributed by atoms with Gasteiger partial charge in [-0.15, -0.1) is 0 Å². The Kier molecular flexibility index (Phi) is 6.07. The molecule has 2 N–H and O–H groups in total. The fourth-order valence-electron chi connectivity index (χ4n) is 2.84. The molecule has 1 amide bonds. The van der Waals surface area contributed by atoms with Crippen LogP contribution in [0.2, 0.25) is 0 Å². The first-order valence-corrected chi connectivity index (χ1v) is 9.18. The van der Waals surface area contributed by atoms with Crippen LogP contribution >= 0.6 is 12.2 Å². The number of amides is 1. The van der Waals surface area contributed by atoms with Gasteiger partial charge in [0.25, 0.3) is 0 Å². The van der Waals surface area contributed by atoms with Crippen LogP contribution < -0.4 is 20.3 Å². The van der Waals surface area contributed by atoms with Crippen molar-refractivity contribution in [1.29, 1.82) is 0 Å². The molecule has 136 valence electrons. The summed E-state index contributed by atoms with van der Waals surface area (Å²) in [5, 5.41) is 6.91. The Bertz CT molecular complexity index is 767. The van der Waals surface area contributed by atoms with E-state index in [4.69, 9.17) is 17.0 Å². The molecule has 5 nitrogen and oxygen atoms in total. The number of rotatable bonds is 6. The fraction of sp³-hybridized carbons (Fsp3) is 0.300. The van der Waals surface area contributed by atoms with E-state index >= 15 is 0 Å². The first kappa shape index (κ1) is 18.2. The van der Waals surface area contributed by atoms with Crippen molar-refractivity contribution in [1.82, 2.24) is 5.32 Å². The summed E-state index contributed by atoms with van der Waals surface area (Å²) in [6, 6.07) is 17.5. The van der Waals surface area contributed by atoms with E-state index in [-0.39, 0.29) is 11.9 Å². The lowest BCUT2D eigenvalue weighted by Crippen LogP contribution is -2.39. The number of para-hydroxylation sites is 1. The highest BCUT2D eigenvalue weighted by Crippen LogP contribution is 2.24. The van der Waals surface area contributed by atoms with Gasteiger partial charge in [0, 0.05) is 24.3 Å². The highest BCUT2D eigenvalue weighted by Gasteiger charge is 2.21. The highest BCUT2D eigenvalue weighted by atomic mass is 32.1. The smallest absolute Gasteiger partial charge is 0.227 e. The van der Waals surface area contributed by atoms with Gasteiger partial charge < -0.3 is 20.3 Å². The normalized spacial score (nSPS) is 14.8. The van der Waals surface area contributed by atoms with Crippen molar-refractivity contribution in [3.8, 4) is 5.75 Å². The largest absolute Gasteiger partial charge is 0.491 e. The molecule has 0 bridgehead atoms. The Morgan fingerprint density at radius 1 is 1.23 bits per heavy atom. The van der Waals surface area contributed by atoms with Gasteiger partial charge >= 0.3 is 0 Å². The molecule has 1 aliphatic rings. The van der Waals surface area contributed by atoms with Gasteiger partial charge in [-0.2, -0.15) is 0 Å². The number of nitrogens with one attached hydrogen (secondary N) is 2. The second kappa shape index (κ2) is 8.67. The van der Waals surface area contributed by atoms with E-state index in [2.05, 4.69) is 10.6 Å². The molecule has 0 aliphatic carbocycles. The molecule has 2 aromatic carbocycles. The zero-order chi connectivity index (χ0) is 18.4. The third-order valence-corrected chi connectivity index (χ3v) is 4.33. The number of thiocarbonyl (C=S) groups is 1. The van der Waals surface area contributed by atoms with Gasteiger partial charge in [0.2, 0.25) is 5.91 Å². The lowest BCUT2D eigenvalue weighted by atomic mass is 10.2. The topological polar surface area (TPSA) is 53.6 Å². The van der Waals surface area contributed by atoms with Crippen LogP contribution in [0.3, 0.4) is 0 Å². The third kappa shape index (κ3) is 4.95. The number of hydrogen-bond donors (Lipinski definition) is 2. The molecule has 2 aromatic rings. The number of carbonyl (C=O) groups excluding carboxylic acids is 1. The first-order chi connectivity index (χ1) is 12.6. The zero-order valence-corrected chi connectivity index (χ0v) is 15.6. The zero-order valence-electron chi connectivity index (χ0n) is 14.8. The molecule has 0 saturated carbocycles. The quantitative estimate of drug-likeness (QED) is 0.763. The average molecular weight is 369 g/mol.